The first-order valence-corrected chi connectivity index (χ1v) is 8.17. The Morgan fingerprint density at radius 2 is 2.15 bits per heavy atom. The van der Waals surface area contributed by atoms with Gasteiger partial charge in [0, 0.05) is 0 Å². The predicted molar refractivity (Wildman–Crippen MR) is 55.8 cm³/mol. The summed E-state index contributed by atoms with van der Waals surface area (Å²) in [5.41, 5.74) is -0.608. The zero-order valence-electron chi connectivity index (χ0n) is 8.63. The Bertz CT molecular complexity index is 249. The van der Waals surface area contributed by atoms with Crippen LogP contribution in [0.15, 0.2) is 12.2 Å². The highest BCUT2D eigenvalue weighted by molar-refractivity contribution is 6.69. The molecule has 0 saturated heterocycles. The van der Waals surface area contributed by atoms with Crippen LogP contribution < -0.4 is 0 Å². The largest absolute Gasteiger partial charge is 0.397 e. The molecule has 13 heavy (non-hydrogen) atoms. The lowest BCUT2D eigenvalue weighted by molar-refractivity contribution is 0.152. The normalized spacial score (nSPS) is 28.5. The molecule has 1 aliphatic carbocycles. The van der Waals surface area contributed by atoms with E-state index in [1.165, 1.54) is 0 Å². The zero-order chi connectivity index (χ0) is 9.95. The van der Waals surface area contributed by atoms with E-state index in [-0.39, 0.29) is 0 Å². The molecule has 1 rings (SSSR count). The van der Waals surface area contributed by atoms with Crippen molar-refractivity contribution in [2.24, 2.45) is 0 Å². The van der Waals surface area contributed by atoms with E-state index in [0.717, 1.165) is 19.3 Å². The molecule has 1 atom stereocenters. The number of rotatable bonds is 2. The number of hydrogen-bond donors (Lipinski definition) is 0. The first kappa shape index (κ1) is 10.5. The molecule has 0 unspecified atom stereocenters. The lowest BCUT2D eigenvalue weighted by Gasteiger charge is -2.33. The standard InChI is InChI=1S/C10H17NOSi/c1-13(2,3)12-10(9-11)7-5-4-6-8-10/h5,7H,4,6,8H2,1-3H3/t10-/m1/s1. The third kappa shape index (κ3) is 2.98. The number of nitrogens with zero attached hydrogens (tertiary/aromatic N) is 1. The lowest BCUT2D eigenvalue weighted by atomic mass is 9.93. The molecular formula is C10H17NOSi. The summed E-state index contributed by atoms with van der Waals surface area (Å²) in [6, 6.07) is 2.30. The van der Waals surface area contributed by atoms with Gasteiger partial charge < -0.3 is 4.43 Å². The van der Waals surface area contributed by atoms with Crippen molar-refractivity contribution in [2.45, 2.75) is 44.5 Å². The van der Waals surface area contributed by atoms with Gasteiger partial charge in [-0.1, -0.05) is 6.08 Å². The first-order valence-electron chi connectivity index (χ1n) is 4.77. The van der Waals surface area contributed by atoms with Crippen LogP contribution in [0.1, 0.15) is 19.3 Å². The average molecular weight is 195 g/mol. The van der Waals surface area contributed by atoms with Crippen LogP contribution >= 0.6 is 0 Å². The molecular weight excluding hydrogens is 178 g/mol. The predicted octanol–water partition coefficient (Wildman–Crippen LogP) is 2.84. The van der Waals surface area contributed by atoms with Crippen LogP contribution in [0.5, 0.6) is 0 Å². The van der Waals surface area contributed by atoms with Crippen molar-refractivity contribution in [3.05, 3.63) is 12.2 Å². The van der Waals surface area contributed by atoms with Gasteiger partial charge >= 0.3 is 0 Å². The summed E-state index contributed by atoms with van der Waals surface area (Å²) in [5, 5.41) is 9.10. The first-order chi connectivity index (χ1) is 5.97. The van der Waals surface area contributed by atoms with Crippen molar-refractivity contribution in [3.63, 3.8) is 0 Å². The number of allylic oxidation sites excluding steroid dienone is 1. The summed E-state index contributed by atoms with van der Waals surface area (Å²) in [5.74, 6) is 0. The van der Waals surface area contributed by atoms with Gasteiger partial charge in [0.05, 0.1) is 0 Å². The molecule has 1 aliphatic rings. The Labute approximate surface area is 81.3 Å². The van der Waals surface area contributed by atoms with E-state index >= 15 is 0 Å². The van der Waals surface area contributed by atoms with E-state index in [9.17, 15) is 0 Å². The summed E-state index contributed by atoms with van der Waals surface area (Å²) in [6.07, 6.45) is 7.00. The van der Waals surface area contributed by atoms with Crippen molar-refractivity contribution < 1.29 is 4.43 Å². The van der Waals surface area contributed by atoms with Gasteiger partial charge in [0.2, 0.25) is 0 Å². The molecule has 3 heteroatoms. The second kappa shape index (κ2) is 3.65. The fraction of sp³-hybridized carbons (Fsp3) is 0.700. The summed E-state index contributed by atoms with van der Waals surface area (Å²) in [7, 11) is -1.61. The molecule has 2 nitrogen and oxygen atoms in total. The highest BCUT2D eigenvalue weighted by Crippen LogP contribution is 2.28. The monoisotopic (exact) mass is 195 g/mol. The molecule has 0 bridgehead atoms. The number of nitriles is 1. The molecule has 0 radical (unpaired) electrons. The van der Waals surface area contributed by atoms with Crippen LogP contribution in [0, 0.1) is 11.3 Å². The van der Waals surface area contributed by atoms with E-state index in [0.29, 0.717) is 0 Å². The molecule has 0 aliphatic heterocycles. The van der Waals surface area contributed by atoms with E-state index < -0.39 is 13.9 Å². The summed E-state index contributed by atoms with van der Waals surface area (Å²) < 4.78 is 5.91. The summed E-state index contributed by atoms with van der Waals surface area (Å²) in [6.45, 7) is 6.36. The van der Waals surface area contributed by atoms with Gasteiger partial charge in [-0.05, 0) is 45.0 Å². The Kier molecular flexibility index (Phi) is 2.94. The fourth-order valence-electron chi connectivity index (χ4n) is 1.59. The molecule has 0 amide bonds. The molecule has 0 heterocycles. The maximum atomic E-state index is 9.10. The van der Waals surface area contributed by atoms with Gasteiger partial charge in [-0.25, -0.2) is 0 Å². The summed E-state index contributed by atoms with van der Waals surface area (Å²) >= 11 is 0. The highest BCUT2D eigenvalue weighted by Gasteiger charge is 2.34. The van der Waals surface area contributed by atoms with Gasteiger partial charge in [0.15, 0.2) is 13.9 Å². The topological polar surface area (TPSA) is 33.0 Å². The second-order valence-electron chi connectivity index (χ2n) is 4.51. The number of hydrogen-bond acceptors (Lipinski definition) is 2. The molecule has 0 aromatic heterocycles. The summed E-state index contributed by atoms with van der Waals surface area (Å²) in [4.78, 5) is 0. The molecule has 0 N–H and O–H groups in total. The van der Waals surface area contributed by atoms with Gasteiger partial charge in [0.1, 0.15) is 6.07 Å². The Hall–Kier alpha value is -0.593. The van der Waals surface area contributed by atoms with Crippen LogP contribution in [0.3, 0.4) is 0 Å². The Morgan fingerprint density at radius 1 is 1.46 bits per heavy atom. The zero-order valence-corrected chi connectivity index (χ0v) is 9.63. The van der Waals surface area contributed by atoms with E-state index in [1.807, 2.05) is 6.08 Å². The van der Waals surface area contributed by atoms with Crippen LogP contribution in [-0.2, 0) is 4.43 Å². The molecule has 0 spiro atoms. The van der Waals surface area contributed by atoms with E-state index in [1.54, 1.807) is 0 Å². The van der Waals surface area contributed by atoms with Crippen molar-refractivity contribution in [1.82, 2.24) is 0 Å². The van der Waals surface area contributed by atoms with Crippen molar-refractivity contribution >= 4 is 8.32 Å². The molecule has 72 valence electrons. The van der Waals surface area contributed by atoms with Crippen molar-refractivity contribution in [2.75, 3.05) is 0 Å². The fourth-order valence-corrected chi connectivity index (χ4v) is 2.90. The van der Waals surface area contributed by atoms with Crippen molar-refractivity contribution in [3.8, 4) is 6.07 Å². The molecule has 0 aromatic rings. The minimum Gasteiger partial charge on any atom is -0.397 e. The Morgan fingerprint density at radius 3 is 2.54 bits per heavy atom. The van der Waals surface area contributed by atoms with Crippen LogP contribution in [0.25, 0.3) is 0 Å². The third-order valence-corrected chi connectivity index (χ3v) is 2.96. The molecule has 0 fully saturated rings. The maximum Gasteiger partial charge on any atom is 0.186 e. The molecule has 0 aromatic carbocycles. The van der Waals surface area contributed by atoms with E-state index in [2.05, 4.69) is 31.8 Å². The average Bonchev–Trinajstić information content (AvgIpc) is 2.03. The van der Waals surface area contributed by atoms with Gasteiger partial charge in [-0.15, -0.1) is 0 Å². The van der Waals surface area contributed by atoms with Gasteiger partial charge in [-0.2, -0.15) is 5.26 Å². The SMILES string of the molecule is C[Si](C)(C)O[C@]1(C#N)C=CCCC1. The quantitative estimate of drug-likeness (QED) is 0.501. The lowest BCUT2D eigenvalue weighted by Crippen LogP contribution is -2.41. The van der Waals surface area contributed by atoms with Crippen LogP contribution in [0.4, 0.5) is 0 Å². The smallest absolute Gasteiger partial charge is 0.186 e. The Balaban J connectivity index is 2.77. The maximum absolute atomic E-state index is 9.10. The van der Waals surface area contributed by atoms with Crippen LogP contribution in [-0.4, -0.2) is 13.9 Å². The minimum absolute atomic E-state index is 0.608. The molecule has 0 saturated carbocycles. The minimum atomic E-state index is -1.61. The van der Waals surface area contributed by atoms with Crippen molar-refractivity contribution in [1.29, 1.82) is 5.26 Å². The van der Waals surface area contributed by atoms with Gasteiger partial charge in [-0.3, -0.25) is 0 Å². The highest BCUT2D eigenvalue weighted by atomic mass is 28.4. The van der Waals surface area contributed by atoms with Gasteiger partial charge in [0.25, 0.3) is 0 Å². The van der Waals surface area contributed by atoms with E-state index in [4.69, 9.17) is 9.69 Å². The third-order valence-electron chi connectivity index (χ3n) is 1.98. The second-order valence-corrected chi connectivity index (χ2v) is 8.94. The van der Waals surface area contributed by atoms with Crippen LogP contribution in [0.2, 0.25) is 19.6 Å².